The van der Waals surface area contributed by atoms with Crippen molar-refractivity contribution in [2.45, 2.75) is 57.3 Å². The Labute approximate surface area is 203 Å². The molecule has 34 heavy (non-hydrogen) atoms. The number of rotatable bonds is 14. The molecule has 0 radical (unpaired) electrons. The van der Waals surface area contributed by atoms with E-state index in [1.54, 1.807) is 44.2 Å². The molecule has 1 rings (SSSR count). The Hall–Kier alpha value is -3.12. The number of carboxylic acids is 1. The predicted molar refractivity (Wildman–Crippen MR) is 129 cm³/mol. The maximum Gasteiger partial charge on any atom is 0.327 e. The summed E-state index contributed by atoms with van der Waals surface area (Å²) in [7, 11) is 0. The zero-order chi connectivity index (χ0) is 25.8. The highest BCUT2D eigenvalue weighted by Crippen LogP contribution is 2.08. The lowest BCUT2D eigenvalue weighted by atomic mass is 10.00. The van der Waals surface area contributed by atoms with E-state index in [1.165, 1.54) is 0 Å². The summed E-state index contributed by atoms with van der Waals surface area (Å²) < 4.78 is 0. The summed E-state index contributed by atoms with van der Waals surface area (Å²) in [5, 5.41) is 16.8. The highest BCUT2D eigenvalue weighted by Gasteiger charge is 2.31. The van der Waals surface area contributed by atoms with E-state index < -0.39 is 53.8 Å². The smallest absolute Gasteiger partial charge is 0.327 e. The highest BCUT2D eigenvalue weighted by atomic mass is 32.1. The number of carboxylic acid groups (broad SMARTS) is 1. The van der Waals surface area contributed by atoms with E-state index in [4.69, 9.17) is 11.5 Å². The molecular formula is C22H33N5O6S. The molecule has 11 nitrogen and oxygen atoms in total. The van der Waals surface area contributed by atoms with Gasteiger partial charge in [-0.25, -0.2) is 4.79 Å². The lowest BCUT2D eigenvalue weighted by molar-refractivity contribution is -0.141. The Morgan fingerprint density at radius 3 is 2.03 bits per heavy atom. The molecular weight excluding hydrogens is 462 g/mol. The molecule has 4 amide bonds. The van der Waals surface area contributed by atoms with E-state index in [0.717, 1.165) is 5.56 Å². The van der Waals surface area contributed by atoms with Crippen LogP contribution in [-0.2, 0) is 30.4 Å². The Morgan fingerprint density at radius 1 is 0.941 bits per heavy atom. The van der Waals surface area contributed by atoms with E-state index in [1.807, 2.05) is 0 Å². The third-order valence-electron chi connectivity index (χ3n) is 5.00. The Balaban J connectivity index is 3.01. The minimum absolute atomic E-state index is 0.0208. The monoisotopic (exact) mass is 495 g/mol. The topological polar surface area (TPSA) is 194 Å². The Morgan fingerprint density at radius 2 is 1.53 bits per heavy atom. The van der Waals surface area contributed by atoms with Crippen LogP contribution in [0.15, 0.2) is 30.3 Å². The average molecular weight is 496 g/mol. The molecule has 4 unspecified atom stereocenters. The number of aliphatic carboxylic acids is 1. The first-order chi connectivity index (χ1) is 16.0. The number of primary amides is 1. The summed E-state index contributed by atoms with van der Waals surface area (Å²) >= 11 is 3.94. The number of carbonyl (C=O) groups excluding carboxylic acids is 4. The van der Waals surface area contributed by atoms with Crippen LogP contribution in [-0.4, -0.2) is 64.6 Å². The van der Waals surface area contributed by atoms with Gasteiger partial charge in [-0.3, -0.25) is 19.2 Å². The average Bonchev–Trinajstić information content (AvgIpc) is 2.78. The Kier molecular flexibility index (Phi) is 12.1. The van der Waals surface area contributed by atoms with Crippen molar-refractivity contribution in [1.29, 1.82) is 0 Å². The van der Waals surface area contributed by atoms with E-state index in [9.17, 15) is 29.1 Å². The number of benzene rings is 1. The minimum Gasteiger partial charge on any atom is -0.480 e. The van der Waals surface area contributed by atoms with Crippen molar-refractivity contribution >= 4 is 42.2 Å². The van der Waals surface area contributed by atoms with Crippen molar-refractivity contribution in [3.8, 4) is 0 Å². The van der Waals surface area contributed by atoms with Gasteiger partial charge in [0.15, 0.2) is 0 Å². The second-order valence-corrected chi connectivity index (χ2v) is 8.54. The molecule has 0 fully saturated rings. The molecule has 1 aromatic carbocycles. The van der Waals surface area contributed by atoms with Gasteiger partial charge in [0.2, 0.25) is 23.6 Å². The molecule has 0 aliphatic rings. The third kappa shape index (κ3) is 9.79. The van der Waals surface area contributed by atoms with Gasteiger partial charge in [0.25, 0.3) is 0 Å². The van der Waals surface area contributed by atoms with Crippen LogP contribution in [0, 0.1) is 5.92 Å². The van der Waals surface area contributed by atoms with Crippen molar-refractivity contribution in [2.24, 2.45) is 17.4 Å². The lowest BCUT2D eigenvalue weighted by Crippen LogP contribution is -2.59. The summed E-state index contributed by atoms with van der Waals surface area (Å²) in [5.41, 5.74) is 11.6. The van der Waals surface area contributed by atoms with Gasteiger partial charge in [-0.05, 0) is 17.9 Å². The molecule has 0 saturated carbocycles. The van der Waals surface area contributed by atoms with E-state index >= 15 is 0 Å². The molecule has 12 heteroatoms. The highest BCUT2D eigenvalue weighted by molar-refractivity contribution is 7.80. The first kappa shape index (κ1) is 28.9. The van der Waals surface area contributed by atoms with Crippen LogP contribution >= 0.6 is 12.6 Å². The molecule has 0 heterocycles. The summed E-state index contributed by atoms with van der Waals surface area (Å²) in [4.78, 5) is 60.6. The van der Waals surface area contributed by atoms with Gasteiger partial charge < -0.3 is 32.5 Å². The zero-order valence-corrected chi connectivity index (χ0v) is 20.1. The molecule has 0 bridgehead atoms. The van der Waals surface area contributed by atoms with Crippen molar-refractivity contribution < 1.29 is 29.1 Å². The van der Waals surface area contributed by atoms with E-state index in [0.29, 0.717) is 0 Å². The van der Waals surface area contributed by atoms with Crippen LogP contribution < -0.4 is 27.4 Å². The van der Waals surface area contributed by atoms with Crippen molar-refractivity contribution in [1.82, 2.24) is 16.0 Å². The molecule has 188 valence electrons. The van der Waals surface area contributed by atoms with Crippen molar-refractivity contribution in [2.75, 3.05) is 5.75 Å². The van der Waals surface area contributed by atoms with Crippen LogP contribution in [0.3, 0.4) is 0 Å². The van der Waals surface area contributed by atoms with E-state index in [-0.39, 0.29) is 30.9 Å². The van der Waals surface area contributed by atoms with Crippen LogP contribution in [0.1, 0.15) is 32.3 Å². The van der Waals surface area contributed by atoms with Crippen LogP contribution in [0.25, 0.3) is 0 Å². The second kappa shape index (κ2) is 14.2. The third-order valence-corrected chi connectivity index (χ3v) is 5.36. The molecule has 8 N–H and O–H groups in total. The van der Waals surface area contributed by atoms with Crippen LogP contribution in [0.4, 0.5) is 0 Å². The largest absolute Gasteiger partial charge is 0.480 e. The standard InChI is InChI=1S/C22H33N5O6S/c1-12(2)18(27-19(29)14(23)8-9-17(24)28)21(31)25-15(10-13-6-4-3-5-7-13)20(30)26-16(11-34)22(32)33/h3-7,12,14-16,18,34H,8-11,23H2,1-2H3,(H2,24,28)(H,25,31)(H,26,30)(H,27,29)(H,32,33). The van der Waals surface area contributed by atoms with Gasteiger partial charge in [-0.1, -0.05) is 44.2 Å². The maximum atomic E-state index is 13.1. The quantitative estimate of drug-likeness (QED) is 0.160. The first-order valence-electron chi connectivity index (χ1n) is 10.8. The zero-order valence-electron chi connectivity index (χ0n) is 19.2. The molecule has 0 aromatic heterocycles. The summed E-state index contributed by atoms with van der Waals surface area (Å²) in [6, 6.07) is 4.43. The minimum atomic E-state index is -1.26. The second-order valence-electron chi connectivity index (χ2n) is 8.17. The Bertz CT molecular complexity index is 867. The number of carbonyl (C=O) groups is 5. The fourth-order valence-electron chi connectivity index (χ4n) is 3.00. The summed E-state index contributed by atoms with van der Waals surface area (Å²) in [5.74, 6) is -4.34. The van der Waals surface area contributed by atoms with Crippen LogP contribution in [0.2, 0.25) is 0 Å². The lowest BCUT2D eigenvalue weighted by Gasteiger charge is -2.27. The fraction of sp³-hybridized carbons (Fsp3) is 0.500. The molecule has 1 aromatic rings. The van der Waals surface area contributed by atoms with Crippen molar-refractivity contribution in [3.05, 3.63) is 35.9 Å². The SMILES string of the molecule is CC(C)C(NC(=O)C(N)CCC(N)=O)C(=O)NC(Cc1ccccc1)C(=O)NC(CS)C(=O)O. The van der Waals surface area contributed by atoms with Gasteiger partial charge in [-0.15, -0.1) is 0 Å². The normalized spacial score (nSPS) is 14.4. The fourth-order valence-corrected chi connectivity index (χ4v) is 3.25. The number of nitrogens with two attached hydrogens (primary N) is 2. The molecule has 0 aliphatic heterocycles. The van der Waals surface area contributed by atoms with Gasteiger partial charge >= 0.3 is 5.97 Å². The van der Waals surface area contributed by atoms with E-state index in [2.05, 4.69) is 28.6 Å². The number of hydrogen-bond acceptors (Lipinski definition) is 7. The van der Waals surface area contributed by atoms with Crippen molar-refractivity contribution in [3.63, 3.8) is 0 Å². The van der Waals surface area contributed by atoms with Gasteiger partial charge in [-0.2, -0.15) is 12.6 Å². The predicted octanol–water partition coefficient (Wildman–Crippen LogP) is -1.05. The van der Waals surface area contributed by atoms with Crippen LogP contribution in [0.5, 0.6) is 0 Å². The molecule has 4 atom stereocenters. The van der Waals surface area contributed by atoms with Gasteiger partial charge in [0, 0.05) is 18.6 Å². The number of hydrogen-bond donors (Lipinski definition) is 7. The maximum absolute atomic E-state index is 13.1. The summed E-state index contributed by atoms with van der Waals surface area (Å²) in [6.07, 6.45) is 0.0312. The number of thiol groups is 1. The molecule has 0 saturated heterocycles. The van der Waals surface area contributed by atoms with Gasteiger partial charge in [0.1, 0.15) is 18.1 Å². The summed E-state index contributed by atoms with van der Waals surface area (Å²) in [6.45, 7) is 3.40. The van der Waals surface area contributed by atoms with Gasteiger partial charge in [0.05, 0.1) is 6.04 Å². The molecule has 0 spiro atoms. The first-order valence-corrected chi connectivity index (χ1v) is 11.4. The number of nitrogens with one attached hydrogen (secondary N) is 3. The number of amides is 4. The molecule has 0 aliphatic carbocycles.